The summed E-state index contributed by atoms with van der Waals surface area (Å²) in [4.78, 5) is 0. The van der Waals surface area contributed by atoms with Crippen LogP contribution >= 0.6 is 0 Å². The number of aliphatic hydroxyl groups is 2. The van der Waals surface area contributed by atoms with Gasteiger partial charge in [0.1, 0.15) is 46.7 Å². The minimum Gasteiger partial charge on any atom is -0.508 e. The second kappa shape index (κ2) is 9.72. The molecule has 0 aliphatic carbocycles. The van der Waals surface area contributed by atoms with E-state index >= 15 is 0 Å². The Labute approximate surface area is 237 Å². The predicted molar refractivity (Wildman–Crippen MR) is 143 cm³/mol. The van der Waals surface area contributed by atoms with Crippen LogP contribution in [0.5, 0.6) is 57.5 Å². The fourth-order valence-corrected chi connectivity index (χ4v) is 5.71. The molecule has 0 bridgehead atoms. The van der Waals surface area contributed by atoms with Crippen molar-refractivity contribution in [3.05, 3.63) is 82.4 Å². The van der Waals surface area contributed by atoms with Crippen LogP contribution in [0, 0.1) is 0 Å². The number of hydrogen-bond acceptors (Lipinski definition) is 12. The number of aromatic hydroxyl groups is 8. The molecule has 10 N–H and O–H groups in total. The van der Waals surface area contributed by atoms with Crippen LogP contribution in [0.4, 0.5) is 0 Å². The van der Waals surface area contributed by atoms with Gasteiger partial charge in [0, 0.05) is 41.3 Å². The predicted octanol–water partition coefficient (Wildman–Crippen LogP) is 3.00. The zero-order valence-corrected chi connectivity index (χ0v) is 21.6. The first-order valence-corrected chi connectivity index (χ1v) is 12.8. The number of ether oxygens (including phenoxy) is 2. The van der Waals surface area contributed by atoms with Gasteiger partial charge in [-0.15, -0.1) is 0 Å². The monoisotopic (exact) mass is 578 g/mol. The van der Waals surface area contributed by atoms with E-state index < -0.39 is 70.6 Å². The lowest BCUT2D eigenvalue weighted by Crippen LogP contribution is -2.36. The van der Waals surface area contributed by atoms with Gasteiger partial charge in [0.15, 0.2) is 29.1 Å². The highest BCUT2D eigenvalue weighted by Crippen LogP contribution is 2.57. The van der Waals surface area contributed by atoms with Gasteiger partial charge >= 0.3 is 0 Å². The first-order valence-electron chi connectivity index (χ1n) is 12.8. The van der Waals surface area contributed by atoms with Gasteiger partial charge in [-0.1, -0.05) is 12.1 Å². The number of phenols is 8. The van der Waals surface area contributed by atoms with E-state index in [0.29, 0.717) is 0 Å². The Hall–Kier alpha value is -5.20. The Bertz CT molecular complexity index is 1720. The topological polar surface area (TPSA) is 221 Å². The van der Waals surface area contributed by atoms with Crippen molar-refractivity contribution < 1.29 is 60.5 Å². The fourth-order valence-electron chi connectivity index (χ4n) is 5.71. The molecule has 0 radical (unpaired) electrons. The van der Waals surface area contributed by atoms with Gasteiger partial charge in [-0.25, -0.2) is 0 Å². The van der Waals surface area contributed by atoms with Crippen molar-refractivity contribution in [1.29, 1.82) is 0 Å². The summed E-state index contributed by atoms with van der Waals surface area (Å²) in [5, 5.41) is 105. The summed E-state index contributed by atoms with van der Waals surface area (Å²) in [5.41, 5.74) is 0.435. The largest absolute Gasteiger partial charge is 0.508 e. The average Bonchev–Trinajstić information content (AvgIpc) is 2.93. The number of fused-ring (bicyclic) bond motifs is 2. The van der Waals surface area contributed by atoms with Gasteiger partial charge in [0.05, 0.1) is 12.0 Å². The Morgan fingerprint density at radius 1 is 0.548 bits per heavy atom. The van der Waals surface area contributed by atoms with Crippen LogP contribution in [-0.2, 0) is 6.42 Å². The Morgan fingerprint density at radius 2 is 1.14 bits per heavy atom. The van der Waals surface area contributed by atoms with E-state index in [0.717, 1.165) is 12.1 Å². The van der Waals surface area contributed by atoms with Gasteiger partial charge in [-0.05, 0) is 35.4 Å². The third-order valence-corrected chi connectivity index (χ3v) is 7.67. The van der Waals surface area contributed by atoms with Crippen molar-refractivity contribution in [3.8, 4) is 57.5 Å². The lowest BCUT2D eigenvalue weighted by atomic mass is 9.77. The molecular formula is C30H26O12. The molecule has 0 aromatic heterocycles. The van der Waals surface area contributed by atoms with Crippen LogP contribution in [0.1, 0.15) is 45.9 Å². The molecule has 0 unspecified atom stereocenters. The molecule has 0 amide bonds. The van der Waals surface area contributed by atoms with E-state index in [9.17, 15) is 51.1 Å². The highest BCUT2D eigenvalue weighted by molar-refractivity contribution is 5.65. The van der Waals surface area contributed by atoms with E-state index in [1.54, 1.807) is 0 Å². The van der Waals surface area contributed by atoms with Gasteiger partial charge in [-0.2, -0.15) is 0 Å². The van der Waals surface area contributed by atoms with Crippen LogP contribution in [0.15, 0.2) is 54.6 Å². The molecule has 2 aliphatic rings. The second-order valence-corrected chi connectivity index (χ2v) is 10.3. The van der Waals surface area contributed by atoms with Crippen molar-refractivity contribution >= 4 is 0 Å². The molecule has 218 valence electrons. The normalized spacial score (nSPS) is 22.9. The van der Waals surface area contributed by atoms with Crippen LogP contribution in [0.25, 0.3) is 0 Å². The lowest BCUT2D eigenvalue weighted by Gasteiger charge is -2.40. The number of phenolic OH excluding ortho intramolecular Hbond substituents is 8. The molecule has 4 aromatic rings. The minimum atomic E-state index is -1.59. The molecule has 4 aromatic carbocycles. The van der Waals surface area contributed by atoms with Crippen molar-refractivity contribution in [3.63, 3.8) is 0 Å². The van der Waals surface area contributed by atoms with Crippen LogP contribution < -0.4 is 9.47 Å². The van der Waals surface area contributed by atoms with Crippen molar-refractivity contribution in [2.24, 2.45) is 0 Å². The molecule has 5 atom stereocenters. The molecular weight excluding hydrogens is 552 g/mol. The standard InChI is InChI=1S/C30H26O12/c31-13-7-20(37)24-23(8-13)41-29(12-2-4-16(33)19(36)6-12)27(40)26(24)25-21(38)10-17(34)14-9-22(39)28(42-30(14)25)11-1-3-15(32)18(35)5-11/h1-8,10,22,26-29,31-40H,9H2/t22-,26+,27+,28-,29+/m1/s1. The summed E-state index contributed by atoms with van der Waals surface area (Å²) in [7, 11) is 0. The lowest BCUT2D eigenvalue weighted by molar-refractivity contribution is 0.00115. The summed E-state index contributed by atoms with van der Waals surface area (Å²) in [5.74, 6) is -5.08. The van der Waals surface area contributed by atoms with E-state index in [2.05, 4.69) is 0 Å². The van der Waals surface area contributed by atoms with Gasteiger partial charge < -0.3 is 60.5 Å². The molecule has 0 fully saturated rings. The Kier molecular flexibility index (Phi) is 6.24. The molecule has 42 heavy (non-hydrogen) atoms. The van der Waals surface area contributed by atoms with Gasteiger partial charge in [0.2, 0.25) is 0 Å². The SMILES string of the molecule is Oc1cc(O)c2c(c1)O[C@@H](c1ccc(O)c(O)c1)[C@@H](O)[C@@H]2c1c(O)cc(O)c2c1O[C@H](c1ccc(O)c(O)c1)[C@H](O)C2. The van der Waals surface area contributed by atoms with Gasteiger partial charge in [-0.3, -0.25) is 0 Å². The third kappa shape index (κ3) is 4.24. The maximum atomic E-state index is 11.8. The molecule has 12 heteroatoms. The molecule has 0 spiro atoms. The van der Waals surface area contributed by atoms with Crippen LogP contribution in [0.3, 0.4) is 0 Å². The average molecular weight is 579 g/mol. The maximum absolute atomic E-state index is 11.8. The van der Waals surface area contributed by atoms with Crippen molar-refractivity contribution in [1.82, 2.24) is 0 Å². The summed E-state index contributed by atoms with van der Waals surface area (Å²) in [6.07, 6.45) is -5.43. The van der Waals surface area contributed by atoms with E-state index in [-0.39, 0.29) is 51.5 Å². The number of aliphatic hydroxyl groups excluding tert-OH is 2. The quantitative estimate of drug-likeness (QED) is 0.159. The Morgan fingerprint density at radius 3 is 1.76 bits per heavy atom. The van der Waals surface area contributed by atoms with Gasteiger partial charge in [0.25, 0.3) is 0 Å². The van der Waals surface area contributed by atoms with E-state index in [4.69, 9.17) is 9.47 Å². The zero-order chi connectivity index (χ0) is 30.0. The van der Waals surface area contributed by atoms with Crippen LogP contribution in [0.2, 0.25) is 0 Å². The summed E-state index contributed by atoms with van der Waals surface area (Å²) in [6, 6.07) is 10.8. The first kappa shape index (κ1) is 27.0. The highest BCUT2D eigenvalue weighted by Gasteiger charge is 2.46. The molecule has 0 saturated carbocycles. The zero-order valence-electron chi connectivity index (χ0n) is 21.6. The van der Waals surface area contributed by atoms with Crippen molar-refractivity contribution in [2.45, 2.75) is 36.8 Å². The second-order valence-electron chi connectivity index (χ2n) is 10.3. The van der Waals surface area contributed by atoms with Crippen molar-refractivity contribution in [2.75, 3.05) is 0 Å². The highest BCUT2D eigenvalue weighted by atomic mass is 16.5. The number of rotatable bonds is 3. The molecule has 6 rings (SSSR count). The first-order chi connectivity index (χ1) is 19.9. The summed E-state index contributed by atoms with van der Waals surface area (Å²) >= 11 is 0. The fraction of sp³-hybridized carbons (Fsp3) is 0.200. The smallest absolute Gasteiger partial charge is 0.157 e. The van der Waals surface area contributed by atoms with Crippen LogP contribution in [-0.4, -0.2) is 63.3 Å². The van der Waals surface area contributed by atoms with E-state index in [1.165, 1.54) is 42.5 Å². The summed E-state index contributed by atoms with van der Waals surface area (Å²) < 4.78 is 12.1. The maximum Gasteiger partial charge on any atom is 0.157 e. The van der Waals surface area contributed by atoms with E-state index in [1.807, 2.05) is 0 Å². The molecule has 0 saturated heterocycles. The number of benzene rings is 4. The molecule has 12 nitrogen and oxygen atoms in total. The minimum absolute atomic E-state index is 0.0312. The Balaban J connectivity index is 1.55. The molecule has 2 aliphatic heterocycles. The third-order valence-electron chi connectivity index (χ3n) is 7.67. The summed E-state index contributed by atoms with van der Waals surface area (Å²) in [6.45, 7) is 0. The molecule has 2 heterocycles. The number of hydrogen-bond donors (Lipinski definition) is 10.